The van der Waals surface area contributed by atoms with Crippen LogP contribution in [0.2, 0.25) is 0 Å². The molecule has 0 bridgehead atoms. The minimum absolute atomic E-state index is 0. The molecular formula is C31H40ClNO4. The number of hydrogen-bond acceptors (Lipinski definition) is 5. The summed E-state index contributed by atoms with van der Waals surface area (Å²) in [6, 6.07) is 17.0. The Balaban J connectivity index is 0.00000380. The van der Waals surface area contributed by atoms with Gasteiger partial charge in [-0.2, -0.15) is 0 Å². The fraction of sp³-hybridized carbons (Fsp3) is 0.419. The van der Waals surface area contributed by atoms with Crippen molar-refractivity contribution in [2.75, 3.05) is 42.0 Å². The lowest BCUT2D eigenvalue weighted by Gasteiger charge is -2.26. The molecule has 1 aliphatic carbocycles. The maximum Gasteiger partial charge on any atom is 0.203 e. The number of nitrogens with zero attached hydrogens (tertiary/aromatic N) is 1. The van der Waals surface area contributed by atoms with Crippen molar-refractivity contribution in [3.8, 4) is 34.1 Å². The molecule has 0 amide bonds. The summed E-state index contributed by atoms with van der Waals surface area (Å²) in [5.74, 6) is 3.68. The van der Waals surface area contributed by atoms with Gasteiger partial charge in [0.2, 0.25) is 5.75 Å². The van der Waals surface area contributed by atoms with Crippen LogP contribution in [0, 0.1) is 12.8 Å². The predicted molar refractivity (Wildman–Crippen MR) is 153 cm³/mol. The average molecular weight is 526 g/mol. The molecule has 0 aliphatic heterocycles. The van der Waals surface area contributed by atoms with Crippen molar-refractivity contribution in [2.45, 2.75) is 39.2 Å². The second kappa shape index (κ2) is 13.1. The minimum atomic E-state index is 0. The Labute approximate surface area is 228 Å². The van der Waals surface area contributed by atoms with E-state index in [1.54, 1.807) is 21.3 Å². The third-order valence-electron chi connectivity index (χ3n) is 7.17. The number of rotatable bonds is 10. The van der Waals surface area contributed by atoms with Crippen LogP contribution in [0.4, 0.5) is 0 Å². The van der Waals surface area contributed by atoms with Crippen LogP contribution in [-0.4, -0.2) is 46.9 Å². The highest BCUT2D eigenvalue weighted by Gasteiger charge is 2.21. The molecule has 200 valence electrons. The molecule has 1 atom stereocenters. The number of fused-ring (bicyclic) bond motifs is 1. The summed E-state index contributed by atoms with van der Waals surface area (Å²) >= 11 is 0. The van der Waals surface area contributed by atoms with Crippen LogP contribution >= 0.6 is 12.4 Å². The van der Waals surface area contributed by atoms with Gasteiger partial charge in [0, 0.05) is 5.56 Å². The smallest absolute Gasteiger partial charge is 0.203 e. The minimum Gasteiger partial charge on any atom is -0.493 e. The molecule has 1 aliphatic rings. The van der Waals surface area contributed by atoms with Crippen molar-refractivity contribution in [1.82, 2.24) is 4.90 Å². The predicted octanol–water partition coefficient (Wildman–Crippen LogP) is 6.75. The second-order valence-electron chi connectivity index (χ2n) is 9.95. The largest absolute Gasteiger partial charge is 0.493 e. The highest BCUT2D eigenvalue weighted by molar-refractivity contribution is 5.85. The number of benzene rings is 3. The lowest BCUT2D eigenvalue weighted by atomic mass is 9.82. The third-order valence-corrected chi connectivity index (χ3v) is 7.17. The molecule has 4 rings (SSSR count). The zero-order valence-electron chi connectivity index (χ0n) is 22.9. The van der Waals surface area contributed by atoms with Gasteiger partial charge in [-0.05, 0) is 105 Å². The molecule has 0 N–H and O–H groups in total. The summed E-state index contributed by atoms with van der Waals surface area (Å²) in [6.45, 7) is 3.75. The topological polar surface area (TPSA) is 40.2 Å². The Kier molecular flexibility index (Phi) is 10.1. The van der Waals surface area contributed by atoms with E-state index in [4.69, 9.17) is 18.9 Å². The van der Waals surface area contributed by atoms with E-state index in [9.17, 15) is 0 Å². The van der Waals surface area contributed by atoms with Gasteiger partial charge in [0.15, 0.2) is 11.5 Å². The van der Waals surface area contributed by atoms with Gasteiger partial charge in [-0.15, -0.1) is 12.4 Å². The summed E-state index contributed by atoms with van der Waals surface area (Å²) < 4.78 is 23.0. The zero-order valence-corrected chi connectivity index (χ0v) is 23.7. The highest BCUT2D eigenvalue weighted by atomic mass is 35.5. The summed E-state index contributed by atoms with van der Waals surface area (Å²) in [7, 11) is 9.23. The van der Waals surface area contributed by atoms with Gasteiger partial charge >= 0.3 is 0 Å². The lowest BCUT2D eigenvalue weighted by Crippen LogP contribution is -2.21. The van der Waals surface area contributed by atoms with Crippen molar-refractivity contribution < 1.29 is 18.9 Å². The quantitative estimate of drug-likeness (QED) is 0.293. The average Bonchev–Trinajstić information content (AvgIpc) is 2.90. The first-order chi connectivity index (χ1) is 17.4. The van der Waals surface area contributed by atoms with Crippen LogP contribution in [0.15, 0.2) is 48.5 Å². The van der Waals surface area contributed by atoms with Gasteiger partial charge < -0.3 is 23.8 Å². The summed E-state index contributed by atoms with van der Waals surface area (Å²) in [4.78, 5) is 2.28. The van der Waals surface area contributed by atoms with Crippen LogP contribution in [0.3, 0.4) is 0 Å². The van der Waals surface area contributed by atoms with Gasteiger partial charge in [-0.3, -0.25) is 0 Å². The third kappa shape index (κ3) is 6.71. The number of halogens is 1. The van der Waals surface area contributed by atoms with E-state index in [1.165, 1.54) is 36.9 Å². The molecule has 5 nitrogen and oxygen atoms in total. The van der Waals surface area contributed by atoms with Crippen LogP contribution in [-0.2, 0) is 19.4 Å². The number of hydrogen-bond donors (Lipinski definition) is 0. The Morgan fingerprint density at radius 1 is 0.865 bits per heavy atom. The Morgan fingerprint density at radius 2 is 1.59 bits per heavy atom. The first kappa shape index (κ1) is 28.7. The zero-order chi connectivity index (χ0) is 25.7. The fourth-order valence-electron chi connectivity index (χ4n) is 5.16. The van der Waals surface area contributed by atoms with Crippen LogP contribution < -0.4 is 18.9 Å². The first-order valence-corrected chi connectivity index (χ1v) is 12.7. The molecule has 0 spiro atoms. The Morgan fingerprint density at radius 3 is 2.24 bits per heavy atom. The molecule has 0 aromatic heterocycles. The van der Waals surface area contributed by atoms with Crippen LogP contribution in [0.1, 0.15) is 35.1 Å². The van der Waals surface area contributed by atoms with Gasteiger partial charge in [0.05, 0.1) is 21.3 Å². The van der Waals surface area contributed by atoms with E-state index in [2.05, 4.69) is 68.4 Å². The Bertz CT molecular complexity index is 1180. The molecule has 0 fully saturated rings. The molecular weight excluding hydrogens is 486 g/mol. The van der Waals surface area contributed by atoms with E-state index in [0.717, 1.165) is 40.3 Å². The highest BCUT2D eigenvalue weighted by Crippen LogP contribution is 2.46. The van der Waals surface area contributed by atoms with Gasteiger partial charge in [-0.25, -0.2) is 0 Å². The summed E-state index contributed by atoms with van der Waals surface area (Å²) in [5, 5.41) is 0. The number of ether oxygens (including phenoxy) is 4. The van der Waals surface area contributed by atoms with Gasteiger partial charge in [0.25, 0.3) is 0 Å². The Hall–Kier alpha value is -2.89. The SMILES string of the molecule is COc1cc(C)c(-c2ccc(COc3ccc4c(c3)CCC(CCN(C)C)C4)cc2)c(OC)c1OC.Cl. The molecule has 0 saturated carbocycles. The normalized spacial score (nSPS) is 14.5. The van der Waals surface area contributed by atoms with Crippen molar-refractivity contribution in [1.29, 1.82) is 0 Å². The lowest BCUT2D eigenvalue weighted by molar-refractivity contribution is 0.304. The molecule has 3 aromatic rings. The van der Waals surface area contributed by atoms with Crippen molar-refractivity contribution >= 4 is 12.4 Å². The molecule has 1 unspecified atom stereocenters. The van der Waals surface area contributed by atoms with E-state index < -0.39 is 0 Å². The maximum absolute atomic E-state index is 6.18. The van der Waals surface area contributed by atoms with Crippen molar-refractivity contribution in [2.24, 2.45) is 5.92 Å². The molecule has 6 heteroatoms. The van der Waals surface area contributed by atoms with Crippen molar-refractivity contribution in [3.05, 3.63) is 70.8 Å². The maximum atomic E-state index is 6.18. The fourth-order valence-corrected chi connectivity index (χ4v) is 5.16. The van der Waals surface area contributed by atoms with E-state index in [-0.39, 0.29) is 12.4 Å². The van der Waals surface area contributed by atoms with Crippen LogP contribution in [0.25, 0.3) is 11.1 Å². The molecule has 0 saturated heterocycles. The van der Waals surface area contributed by atoms with Crippen LogP contribution in [0.5, 0.6) is 23.0 Å². The van der Waals surface area contributed by atoms with E-state index in [1.807, 2.05) is 6.07 Å². The monoisotopic (exact) mass is 525 g/mol. The molecule has 3 aromatic carbocycles. The van der Waals surface area contributed by atoms with E-state index in [0.29, 0.717) is 23.9 Å². The number of aryl methyl sites for hydroxylation is 2. The summed E-state index contributed by atoms with van der Waals surface area (Å²) in [6.07, 6.45) is 4.87. The van der Waals surface area contributed by atoms with E-state index >= 15 is 0 Å². The first-order valence-electron chi connectivity index (χ1n) is 12.7. The standard InChI is InChI=1S/C31H39NO4.ClH/c1-21-17-28(33-4)30(34-5)31(35-6)29(21)24-10-8-23(9-11-24)20-36-27-14-13-25-18-22(15-16-32(2)3)7-12-26(25)19-27;/h8-11,13-14,17,19,22H,7,12,15-16,18,20H2,1-6H3;1H. The van der Waals surface area contributed by atoms with Gasteiger partial charge in [0.1, 0.15) is 12.4 Å². The molecule has 0 radical (unpaired) electrons. The molecule has 0 heterocycles. The van der Waals surface area contributed by atoms with Gasteiger partial charge in [-0.1, -0.05) is 30.3 Å². The molecule has 37 heavy (non-hydrogen) atoms. The second-order valence-corrected chi connectivity index (χ2v) is 9.95. The number of methoxy groups -OCH3 is 3. The van der Waals surface area contributed by atoms with Crippen molar-refractivity contribution in [3.63, 3.8) is 0 Å². The summed E-state index contributed by atoms with van der Waals surface area (Å²) in [5.41, 5.74) is 7.18.